The van der Waals surface area contributed by atoms with Gasteiger partial charge in [-0.1, -0.05) is 94.2 Å². The molecule has 176 valence electrons. The van der Waals surface area contributed by atoms with Crippen molar-refractivity contribution in [2.24, 2.45) is 32.5 Å². The highest BCUT2D eigenvalue weighted by Crippen LogP contribution is 2.70. The minimum absolute atomic E-state index is 0.173. The van der Waals surface area contributed by atoms with Gasteiger partial charge in [-0.3, -0.25) is 0 Å². The van der Waals surface area contributed by atoms with Crippen molar-refractivity contribution in [3.05, 3.63) is 22.3 Å². The third-order valence-electron chi connectivity index (χ3n) is 12.5. The van der Waals surface area contributed by atoms with Crippen molar-refractivity contribution in [3.8, 4) is 0 Å². The highest BCUT2D eigenvalue weighted by Gasteiger charge is 2.62. The van der Waals surface area contributed by atoms with Crippen LogP contribution in [0.2, 0.25) is 0 Å². The fourth-order valence-electron chi connectivity index (χ4n) is 8.19. The van der Waals surface area contributed by atoms with Gasteiger partial charge in [-0.2, -0.15) is 0 Å². The molecule has 0 aromatic carbocycles. The largest absolute Gasteiger partial charge is 0.366 e. The molecule has 0 fully saturated rings. The molecule has 4 rings (SSSR count). The molecule has 0 heterocycles. The third-order valence-corrected chi connectivity index (χ3v) is 12.5. The average molecular weight is 427 g/mol. The van der Waals surface area contributed by atoms with Crippen LogP contribution in [0.4, 0.5) is 0 Å². The fraction of sp³-hybridized carbons (Fsp3) is 0.867. The molecule has 4 aliphatic carbocycles. The van der Waals surface area contributed by atoms with Crippen LogP contribution in [0.3, 0.4) is 0 Å². The van der Waals surface area contributed by atoms with Crippen LogP contribution >= 0.6 is 0 Å². The van der Waals surface area contributed by atoms with Gasteiger partial charge < -0.3 is 4.74 Å². The van der Waals surface area contributed by atoms with Crippen LogP contribution in [0.5, 0.6) is 0 Å². The summed E-state index contributed by atoms with van der Waals surface area (Å²) in [6.07, 6.45) is 8.05. The maximum absolute atomic E-state index is 7.29. The van der Waals surface area contributed by atoms with Crippen LogP contribution in [0.1, 0.15) is 122 Å². The van der Waals surface area contributed by atoms with Gasteiger partial charge in [0.15, 0.2) is 0 Å². The Morgan fingerprint density at radius 1 is 0.516 bits per heavy atom. The Morgan fingerprint density at radius 2 is 0.839 bits per heavy atom. The maximum atomic E-state index is 7.29. The van der Waals surface area contributed by atoms with Gasteiger partial charge in [-0.05, 0) is 82.2 Å². The second-order valence-corrected chi connectivity index (χ2v) is 14.4. The van der Waals surface area contributed by atoms with E-state index < -0.39 is 0 Å². The molecule has 0 saturated heterocycles. The van der Waals surface area contributed by atoms with Gasteiger partial charge in [-0.25, -0.2) is 0 Å². The molecule has 2 unspecified atom stereocenters. The van der Waals surface area contributed by atoms with Gasteiger partial charge in [-0.15, -0.1) is 0 Å². The predicted molar refractivity (Wildman–Crippen MR) is 133 cm³/mol. The van der Waals surface area contributed by atoms with Gasteiger partial charge in [0.2, 0.25) is 0 Å². The first-order valence-corrected chi connectivity index (χ1v) is 13.1. The number of hydrogen-bond acceptors (Lipinski definition) is 1. The minimum atomic E-state index is 0.173. The van der Waals surface area contributed by atoms with Gasteiger partial charge >= 0.3 is 0 Å². The normalized spacial score (nSPS) is 36.4. The van der Waals surface area contributed by atoms with Crippen LogP contribution in [-0.4, -0.2) is 12.2 Å². The Morgan fingerprint density at radius 3 is 1.16 bits per heavy atom. The van der Waals surface area contributed by atoms with Crippen molar-refractivity contribution in [2.75, 3.05) is 0 Å². The molecule has 0 saturated carbocycles. The van der Waals surface area contributed by atoms with Crippen molar-refractivity contribution < 1.29 is 4.74 Å². The second kappa shape index (κ2) is 6.52. The quantitative estimate of drug-likeness (QED) is 0.400. The van der Waals surface area contributed by atoms with E-state index in [1.807, 2.05) is 0 Å². The smallest absolute Gasteiger partial charge is 0.0801 e. The summed E-state index contributed by atoms with van der Waals surface area (Å²) < 4.78 is 7.29. The molecule has 1 nitrogen and oxygen atoms in total. The summed E-state index contributed by atoms with van der Waals surface area (Å²) in [6, 6.07) is 0. The summed E-state index contributed by atoms with van der Waals surface area (Å²) in [4.78, 5) is 0. The summed E-state index contributed by atoms with van der Waals surface area (Å²) in [5.41, 5.74) is 8.06. The molecular formula is C30H50O. The SMILES string of the molecule is CC1(C)C2=C(C(OC3CCCC4=C3C(C)(C)C(C)(C)C4(C)C)CCC2)C(C)(C)C1(C)C. The molecule has 0 aromatic rings. The van der Waals surface area contributed by atoms with Gasteiger partial charge in [0.05, 0.1) is 12.2 Å². The molecule has 0 aromatic heterocycles. The first-order chi connectivity index (χ1) is 13.9. The standard InChI is InChI=1S/C30H50O/c1-25(2)19-15-13-17-21(23(19)27(5,6)29(25,9)10)31-22-18-14-16-20-24(22)28(7,8)30(11,12)26(20,3)4/h21-22H,13-18H2,1-12H3. The number of allylic oxidation sites excluding steroid dienone is 2. The lowest BCUT2D eigenvalue weighted by Crippen LogP contribution is -2.42. The van der Waals surface area contributed by atoms with E-state index in [0.717, 1.165) is 0 Å². The van der Waals surface area contributed by atoms with Crippen molar-refractivity contribution in [3.63, 3.8) is 0 Å². The van der Waals surface area contributed by atoms with Crippen LogP contribution in [0, 0.1) is 32.5 Å². The summed E-state index contributed by atoms with van der Waals surface area (Å²) in [5, 5.41) is 0. The Hall–Kier alpha value is -0.560. The molecule has 1 heteroatoms. The molecule has 0 radical (unpaired) electrons. The molecule has 2 atom stereocenters. The Labute approximate surface area is 193 Å². The van der Waals surface area contributed by atoms with Crippen LogP contribution < -0.4 is 0 Å². The van der Waals surface area contributed by atoms with Gasteiger partial charge in [0, 0.05) is 0 Å². The van der Waals surface area contributed by atoms with E-state index in [1.165, 1.54) is 38.5 Å². The maximum Gasteiger partial charge on any atom is 0.0801 e. The summed E-state index contributed by atoms with van der Waals surface area (Å²) >= 11 is 0. The van der Waals surface area contributed by atoms with E-state index >= 15 is 0 Å². The van der Waals surface area contributed by atoms with Crippen molar-refractivity contribution in [1.82, 2.24) is 0 Å². The fourth-order valence-corrected chi connectivity index (χ4v) is 8.19. The Bertz CT molecular complexity index is 770. The minimum Gasteiger partial charge on any atom is -0.366 e. The lowest BCUT2D eigenvalue weighted by molar-refractivity contribution is -0.0226. The zero-order chi connectivity index (χ0) is 23.4. The molecule has 0 N–H and O–H groups in total. The highest BCUT2D eigenvalue weighted by molar-refractivity contribution is 5.44. The van der Waals surface area contributed by atoms with E-state index in [2.05, 4.69) is 83.1 Å². The highest BCUT2D eigenvalue weighted by atomic mass is 16.5. The molecule has 0 bridgehead atoms. The lowest BCUT2D eigenvalue weighted by Gasteiger charge is -2.47. The van der Waals surface area contributed by atoms with E-state index in [9.17, 15) is 0 Å². The lowest BCUT2D eigenvalue weighted by atomic mass is 9.58. The number of rotatable bonds is 2. The summed E-state index contributed by atoms with van der Waals surface area (Å²) in [7, 11) is 0. The van der Waals surface area contributed by atoms with E-state index in [-0.39, 0.29) is 32.5 Å². The van der Waals surface area contributed by atoms with Crippen LogP contribution in [0.15, 0.2) is 22.3 Å². The number of ether oxygens (including phenoxy) is 1. The Kier molecular flexibility index (Phi) is 4.96. The zero-order valence-corrected chi connectivity index (χ0v) is 22.8. The molecule has 0 aliphatic heterocycles. The second-order valence-electron chi connectivity index (χ2n) is 14.4. The van der Waals surface area contributed by atoms with Gasteiger partial charge in [0.1, 0.15) is 0 Å². The monoisotopic (exact) mass is 426 g/mol. The molecule has 0 spiro atoms. The summed E-state index contributed by atoms with van der Waals surface area (Å²) in [6.45, 7) is 29.9. The summed E-state index contributed by atoms with van der Waals surface area (Å²) in [5.74, 6) is 0. The average Bonchev–Trinajstić information content (AvgIpc) is 2.83. The molecular weight excluding hydrogens is 376 g/mol. The van der Waals surface area contributed by atoms with E-state index in [1.54, 1.807) is 22.3 Å². The van der Waals surface area contributed by atoms with E-state index in [4.69, 9.17) is 4.74 Å². The molecule has 0 amide bonds. The van der Waals surface area contributed by atoms with Crippen LogP contribution in [0.25, 0.3) is 0 Å². The van der Waals surface area contributed by atoms with Crippen molar-refractivity contribution in [1.29, 1.82) is 0 Å². The molecule has 31 heavy (non-hydrogen) atoms. The first-order valence-electron chi connectivity index (χ1n) is 13.1. The zero-order valence-electron chi connectivity index (χ0n) is 22.8. The number of hydrogen-bond donors (Lipinski definition) is 0. The molecule has 4 aliphatic rings. The van der Waals surface area contributed by atoms with Crippen molar-refractivity contribution in [2.45, 2.75) is 134 Å². The first kappa shape index (κ1) is 23.6. The predicted octanol–water partition coefficient (Wildman–Crippen LogP) is 8.89. The van der Waals surface area contributed by atoms with E-state index in [0.29, 0.717) is 12.2 Å². The van der Waals surface area contributed by atoms with Crippen molar-refractivity contribution >= 4 is 0 Å². The topological polar surface area (TPSA) is 9.23 Å². The van der Waals surface area contributed by atoms with Gasteiger partial charge in [0.25, 0.3) is 0 Å². The third kappa shape index (κ3) is 2.65. The van der Waals surface area contributed by atoms with Crippen LogP contribution in [-0.2, 0) is 4.74 Å². The Balaban J connectivity index is 1.75.